The van der Waals surface area contributed by atoms with Crippen LogP contribution in [0.3, 0.4) is 0 Å². The van der Waals surface area contributed by atoms with Crippen molar-refractivity contribution in [3.63, 3.8) is 0 Å². The predicted octanol–water partition coefficient (Wildman–Crippen LogP) is 2.24. The summed E-state index contributed by atoms with van der Waals surface area (Å²) in [4.78, 5) is 43.7. The molecule has 0 aliphatic rings. The lowest BCUT2D eigenvalue weighted by atomic mass is 10.1. The molecule has 11 heteroatoms. The van der Waals surface area contributed by atoms with Gasteiger partial charge in [-0.3, -0.25) is 14.9 Å². The number of fused-ring (bicyclic) bond motifs is 1. The highest BCUT2D eigenvalue weighted by molar-refractivity contribution is 6.10. The number of carbonyl (C=O) groups is 3. The zero-order chi connectivity index (χ0) is 26.1. The lowest BCUT2D eigenvalue weighted by Crippen LogP contribution is -2.40. The highest BCUT2D eigenvalue weighted by Gasteiger charge is 2.08. The Morgan fingerprint density at radius 2 is 1.69 bits per heavy atom. The summed E-state index contributed by atoms with van der Waals surface area (Å²) < 4.78 is 0. The summed E-state index contributed by atoms with van der Waals surface area (Å²) in [6, 6.07) is 16.3. The molecule has 0 saturated carbocycles. The number of benzene rings is 3. The molecule has 3 aromatic carbocycles. The van der Waals surface area contributed by atoms with E-state index in [1.54, 1.807) is 61.5 Å². The number of aliphatic imine (C=N–C) groups is 2. The maximum atomic E-state index is 12.3. The largest absolute Gasteiger partial charge is 0.369 e. The first kappa shape index (κ1) is 25.3. The highest BCUT2D eigenvalue weighted by atomic mass is 16.2. The van der Waals surface area contributed by atoms with E-state index in [4.69, 9.17) is 11.5 Å². The first-order valence-corrected chi connectivity index (χ1v) is 10.6. The molecule has 0 atom stereocenters. The van der Waals surface area contributed by atoms with Crippen molar-refractivity contribution in [1.82, 2.24) is 10.6 Å². The maximum absolute atomic E-state index is 12.3. The van der Waals surface area contributed by atoms with Crippen LogP contribution in [0, 0.1) is 11.8 Å². The average molecular weight is 485 g/mol. The van der Waals surface area contributed by atoms with Crippen LogP contribution in [-0.4, -0.2) is 36.8 Å². The van der Waals surface area contributed by atoms with E-state index in [-0.39, 0.29) is 17.8 Å². The van der Waals surface area contributed by atoms with Crippen molar-refractivity contribution in [2.75, 3.05) is 17.7 Å². The van der Waals surface area contributed by atoms with Gasteiger partial charge in [-0.25, -0.2) is 9.79 Å². The molecular formula is C25H24N8O3. The fourth-order valence-corrected chi connectivity index (χ4v) is 3.16. The monoisotopic (exact) mass is 484 g/mol. The van der Waals surface area contributed by atoms with E-state index in [0.717, 1.165) is 10.8 Å². The molecule has 0 unspecified atom stereocenters. The molecule has 11 nitrogen and oxygen atoms in total. The Morgan fingerprint density at radius 3 is 2.39 bits per heavy atom. The smallest absolute Gasteiger partial charge is 0.325 e. The number of amides is 4. The van der Waals surface area contributed by atoms with Crippen LogP contribution in [0.25, 0.3) is 10.8 Å². The molecular weight excluding hydrogens is 460 g/mol. The van der Waals surface area contributed by atoms with Crippen molar-refractivity contribution in [2.45, 2.75) is 6.92 Å². The Hall–Kier alpha value is -5.37. The summed E-state index contributed by atoms with van der Waals surface area (Å²) in [6.07, 6.45) is 0. The molecule has 182 valence electrons. The van der Waals surface area contributed by atoms with Crippen LogP contribution in [0.4, 0.5) is 21.9 Å². The number of nitrogens with two attached hydrogens (primary N) is 2. The average Bonchev–Trinajstić information content (AvgIpc) is 2.84. The van der Waals surface area contributed by atoms with Crippen LogP contribution in [0.5, 0.6) is 0 Å². The topological polar surface area (TPSA) is 176 Å². The van der Waals surface area contributed by atoms with Crippen LogP contribution in [0.2, 0.25) is 0 Å². The summed E-state index contributed by atoms with van der Waals surface area (Å²) >= 11 is 0. The third-order valence-corrected chi connectivity index (χ3v) is 4.70. The summed E-state index contributed by atoms with van der Waals surface area (Å²) in [6.45, 7) is 1.58. The third kappa shape index (κ3) is 6.82. The molecule has 4 amide bonds. The van der Waals surface area contributed by atoms with Crippen molar-refractivity contribution in [3.05, 3.63) is 66.2 Å². The molecule has 0 fully saturated rings. The van der Waals surface area contributed by atoms with E-state index in [2.05, 4.69) is 43.1 Å². The first-order chi connectivity index (χ1) is 17.3. The van der Waals surface area contributed by atoms with Gasteiger partial charge in [0.15, 0.2) is 0 Å². The normalized spacial score (nSPS) is 11.2. The molecule has 0 aromatic heterocycles. The molecule has 0 spiro atoms. The van der Waals surface area contributed by atoms with Gasteiger partial charge in [-0.2, -0.15) is 4.99 Å². The van der Waals surface area contributed by atoms with Crippen LogP contribution < -0.4 is 32.7 Å². The zero-order valence-electron chi connectivity index (χ0n) is 19.5. The Balaban J connectivity index is 1.65. The van der Waals surface area contributed by atoms with E-state index in [0.29, 0.717) is 22.6 Å². The maximum Gasteiger partial charge on any atom is 0.325 e. The molecule has 0 radical (unpaired) electrons. The summed E-state index contributed by atoms with van der Waals surface area (Å²) in [5, 5.41) is 11.8. The SMILES string of the molecule is CC#CC(=O)Nc1cccc2cc(NC(=O)N/C(N)=N\C(N)=Nc3ccc(C(=O)NC)cc3)ccc12. The minimum absolute atomic E-state index is 0.187. The van der Waals surface area contributed by atoms with E-state index in [9.17, 15) is 14.4 Å². The quantitative estimate of drug-likeness (QED) is 0.189. The van der Waals surface area contributed by atoms with Gasteiger partial charge in [-0.05, 0) is 60.7 Å². The Bertz CT molecular complexity index is 1430. The van der Waals surface area contributed by atoms with E-state index in [1.165, 1.54) is 7.05 Å². The zero-order valence-corrected chi connectivity index (χ0v) is 19.5. The summed E-state index contributed by atoms with van der Waals surface area (Å²) in [5.74, 6) is 3.89. The fraction of sp³-hybridized carbons (Fsp3) is 0.0800. The Labute approximate surface area is 207 Å². The second-order valence-corrected chi connectivity index (χ2v) is 7.24. The van der Waals surface area contributed by atoms with Gasteiger partial charge in [0.05, 0.1) is 5.69 Å². The molecule has 8 N–H and O–H groups in total. The van der Waals surface area contributed by atoms with Crippen LogP contribution in [-0.2, 0) is 4.79 Å². The fourth-order valence-electron chi connectivity index (χ4n) is 3.16. The van der Waals surface area contributed by atoms with Crippen LogP contribution >= 0.6 is 0 Å². The second kappa shape index (κ2) is 11.7. The molecule has 0 saturated heterocycles. The molecule has 3 aromatic rings. The number of nitrogens with zero attached hydrogens (tertiary/aromatic N) is 2. The number of hydrogen-bond acceptors (Lipinski definition) is 4. The van der Waals surface area contributed by atoms with Gasteiger partial charge >= 0.3 is 6.03 Å². The van der Waals surface area contributed by atoms with Crippen molar-refractivity contribution in [3.8, 4) is 11.8 Å². The number of carbonyl (C=O) groups excluding carboxylic acids is 3. The van der Waals surface area contributed by atoms with Gasteiger partial charge < -0.3 is 27.4 Å². The number of rotatable bonds is 4. The third-order valence-electron chi connectivity index (χ3n) is 4.70. The van der Waals surface area contributed by atoms with Crippen molar-refractivity contribution in [2.24, 2.45) is 21.5 Å². The van der Waals surface area contributed by atoms with Gasteiger partial charge in [0.25, 0.3) is 11.8 Å². The van der Waals surface area contributed by atoms with Crippen LogP contribution in [0.1, 0.15) is 17.3 Å². The van der Waals surface area contributed by atoms with Gasteiger partial charge in [0.2, 0.25) is 11.9 Å². The van der Waals surface area contributed by atoms with Gasteiger partial charge in [0, 0.05) is 29.4 Å². The van der Waals surface area contributed by atoms with Gasteiger partial charge in [-0.15, -0.1) is 0 Å². The second-order valence-electron chi connectivity index (χ2n) is 7.24. The molecule has 0 bridgehead atoms. The first-order valence-electron chi connectivity index (χ1n) is 10.6. The van der Waals surface area contributed by atoms with Crippen molar-refractivity contribution < 1.29 is 14.4 Å². The number of hydrogen-bond donors (Lipinski definition) is 6. The minimum Gasteiger partial charge on any atom is -0.369 e. The molecule has 0 aliphatic carbocycles. The molecule has 0 aliphatic heterocycles. The van der Waals surface area contributed by atoms with Gasteiger partial charge in [0.1, 0.15) is 0 Å². The minimum atomic E-state index is -0.638. The highest BCUT2D eigenvalue weighted by Crippen LogP contribution is 2.26. The molecule has 36 heavy (non-hydrogen) atoms. The van der Waals surface area contributed by atoms with Crippen molar-refractivity contribution in [1.29, 1.82) is 0 Å². The van der Waals surface area contributed by atoms with Gasteiger partial charge in [-0.1, -0.05) is 24.1 Å². The van der Waals surface area contributed by atoms with E-state index in [1.807, 2.05) is 6.07 Å². The number of guanidine groups is 2. The van der Waals surface area contributed by atoms with E-state index >= 15 is 0 Å². The lowest BCUT2D eigenvalue weighted by Gasteiger charge is -2.10. The molecule has 0 heterocycles. The number of urea groups is 1. The standard InChI is InChI=1S/C25H24N8O3/c1-3-5-21(34)31-20-7-4-6-16-14-18(12-13-19(16)20)30-25(36)33-24(27)32-23(26)29-17-10-8-15(9-11-17)22(35)28-2/h4,6-14H,1-2H3,(H,28,35)(H,31,34)(H6,26,27,29,30,32,33,36). The Morgan fingerprint density at radius 1 is 0.944 bits per heavy atom. The predicted molar refractivity (Wildman–Crippen MR) is 141 cm³/mol. The number of nitrogens with one attached hydrogen (secondary N) is 4. The van der Waals surface area contributed by atoms with Crippen LogP contribution in [0.15, 0.2) is 70.6 Å². The summed E-state index contributed by atoms with van der Waals surface area (Å²) in [5.41, 5.74) is 13.6. The molecule has 3 rings (SSSR count). The number of anilines is 2. The Kier molecular flexibility index (Phi) is 8.18. The van der Waals surface area contributed by atoms with Crippen molar-refractivity contribution >= 4 is 57.6 Å². The van der Waals surface area contributed by atoms with E-state index < -0.39 is 11.9 Å². The lowest BCUT2D eigenvalue weighted by molar-refractivity contribution is -0.111. The summed E-state index contributed by atoms with van der Waals surface area (Å²) in [7, 11) is 1.54.